The Labute approximate surface area is 265 Å². The van der Waals surface area contributed by atoms with Crippen molar-refractivity contribution in [2.24, 2.45) is 0 Å². The Kier molecular flexibility index (Phi) is 114. The summed E-state index contributed by atoms with van der Waals surface area (Å²) in [6, 6.07) is 0. The predicted molar refractivity (Wildman–Crippen MR) is 186 cm³/mol. The van der Waals surface area contributed by atoms with Gasteiger partial charge in [-0.3, -0.25) is 0 Å². The second-order valence-corrected chi connectivity index (χ2v) is 9.90. The third kappa shape index (κ3) is 77.5. The number of aliphatic hydroxyl groups excluding tert-OH is 7. The van der Waals surface area contributed by atoms with E-state index in [-0.39, 0.29) is 0 Å². The molecule has 1 saturated carbocycles. The monoisotopic (exact) mass is 617 g/mol. The average Bonchev–Trinajstić information content (AvgIpc) is 3.09. The van der Waals surface area contributed by atoms with Crippen LogP contribution in [0.3, 0.4) is 0 Å². The fourth-order valence-electron chi connectivity index (χ4n) is 4.95. The Morgan fingerprint density at radius 3 is 0.167 bits per heavy atom. The van der Waals surface area contributed by atoms with Gasteiger partial charge in [0.15, 0.2) is 0 Å². The first-order valence-electron chi connectivity index (χ1n) is 17.1. The minimum absolute atomic E-state index is 1.00. The number of hydrogen-bond acceptors (Lipinski definition) is 7. The SMILES string of the molecule is C1CCCCCCCCCCCCCCCCCCCCCCCCCCC1.CO.CO.CO.CO.CO.CO.CO. The molecule has 0 atom stereocenters. The highest BCUT2D eigenvalue weighted by Crippen LogP contribution is 2.17. The van der Waals surface area contributed by atoms with Crippen LogP contribution in [0, 0.1) is 0 Å². The van der Waals surface area contributed by atoms with Gasteiger partial charge in [0.25, 0.3) is 0 Å². The lowest BCUT2D eigenvalue weighted by molar-refractivity contribution is 0.399. The lowest BCUT2D eigenvalue weighted by Gasteiger charge is -2.05. The largest absolute Gasteiger partial charge is 0.400 e. The van der Waals surface area contributed by atoms with Crippen molar-refractivity contribution < 1.29 is 35.7 Å². The topological polar surface area (TPSA) is 142 Å². The van der Waals surface area contributed by atoms with Crippen molar-refractivity contribution >= 4 is 0 Å². The standard InChI is InChI=1S/C28H56.7CH4O/c1-2-4-6-8-10-12-14-16-18-20-22-24-26-28-27-25-23-21-19-17-15-13-11-9-7-5-3-1;7*1-2/h1-28H2;7*2H,1H3. The van der Waals surface area contributed by atoms with E-state index in [0.717, 1.165) is 49.8 Å². The second kappa shape index (κ2) is 83.6. The first-order chi connectivity index (χ1) is 21.0. The highest BCUT2D eigenvalue weighted by molar-refractivity contribution is 4.53. The molecule has 266 valence electrons. The van der Waals surface area contributed by atoms with E-state index in [9.17, 15) is 0 Å². The highest BCUT2D eigenvalue weighted by Gasteiger charge is 1.97. The smallest absolute Gasteiger partial charge is 0.0319 e. The van der Waals surface area contributed by atoms with Crippen molar-refractivity contribution in [1.29, 1.82) is 0 Å². The molecule has 0 amide bonds. The molecule has 0 aromatic carbocycles. The molecule has 7 heteroatoms. The number of hydrogen-bond donors (Lipinski definition) is 7. The molecule has 0 unspecified atom stereocenters. The van der Waals surface area contributed by atoms with Crippen molar-refractivity contribution in [2.45, 2.75) is 180 Å². The van der Waals surface area contributed by atoms with Gasteiger partial charge in [-0.25, -0.2) is 0 Å². The Morgan fingerprint density at radius 2 is 0.143 bits per heavy atom. The minimum atomic E-state index is 1.00. The summed E-state index contributed by atoms with van der Waals surface area (Å²) in [5, 5.41) is 49.0. The molecule has 0 spiro atoms. The normalized spacial score (nSPS) is 17.0. The van der Waals surface area contributed by atoms with Gasteiger partial charge in [0.1, 0.15) is 0 Å². The van der Waals surface area contributed by atoms with Crippen LogP contribution in [0.4, 0.5) is 0 Å². The van der Waals surface area contributed by atoms with E-state index in [1.165, 1.54) is 180 Å². The van der Waals surface area contributed by atoms with Crippen LogP contribution in [0.25, 0.3) is 0 Å². The fraction of sp³-hybridized carbons (Fsp3) is 1.00. The van der Waals surface area contributed by atoms with E-state index in [0.29, 0.717) is 0 Å². The molecule has 1 fully saturated rings. The first-order valence-corrected chi connectivity index (χ1v) is 17.1. The van der Waals surface area contributed by atoms with Gasteiger partial charge in [0.05, 0.1) is 0 Å². The van der Waals surface area contributed by atoms with Gasteiger partial charge in [-0.1, -0.05) is 180 Å². The van der Waals surface area contributed by atoms with Crippen LogP contribution in [0.5, 0.6) is 0 Å². The Bertz CT molecular complexity index is 162. The second-order valence-electron chi connectivity index (χ2n) is 9.90. The van der Waals surface area contributed by atoms with Crippen molar-refractivity contribution in [3.63, 3.8) is 0 Å². The Hall–Kier alpha value is -0.280. The van der Waals surface area contributed by atoms with Crippen LogP contribution in [0.2, 0.25) is 0 Å². The van der Waals surface area contributed by atoms with Gasteiger partial charge >= 0.3 is 0 Å². The summed E-state index contributed by atoms with van der Waals surface area (Å²) in [5.74, 6) is 0. The van der Waals surface area contributed by atoms with Crippen molar-refractivity contribution in [3.8, 4) is 0 Å². The minimum Gasteiger partial charge on any atom is -0.400 e. The Balaban J connectivity index is -0.000000152. The summed E-state index contributed by atoms with van der Waals surface area (Å²) in [6.07, 6.45) is 42.0. The van der Waals surface area contributed by atoms with E-state index >= 15 is 0 Å². The zero-order chi connectivity index (χ0) is 33.8. The molecule has 0 saturated heterocycles. The molecule has 0 bridgehead atoms. The maximum atomic E-state index is 7.00. The predicted octanol–water partition coefficient (Wildman–Crippen LogP) is 8.18. The van der Waals surface area contributed by atoms with Gasteiger partial charge in [-0.2, -0.15) is 0 Å². The molecule has 0 aromatic heterocycles. The maximum absolute atomic E-state index is 7.00. The summed E-state index contributed by atoms with van der Waals surface area (Å²) in [6.45, 7) is 0. The molecule has 7 N–H and O–H groups in total. The lowest BCUT2D eigenvalue weighted by atomic mass is 10.0. The fourth-order valence-corrected chi connectivity index (χ4v) is 4.95. The molecule has 1 aliphatic rings. The summed E-state index contributed by atoms with van der Waals surface area (Å²) in [5.41, 5.74) is 0. The third-order valence-corrected chi connectivity index (χ3v) is 7.00. The summed E-state index contributed by atoms with van der Waals surface area (Å²) >= 11 is 0. The molecule has 42 heavy (non-hydrogen) atoms. The summed E-state index contributed by atoms with van der Waals surface area (Å²) in [7, 11) is 7.00. The van der Waals surface area contributed by atoms with E-state index in [1.54, 1.807) is 0 Å². The summed E-state index contributed by atoms with van der Waals surface area (Å²) < 4.78 is 0. The molecule has 0 radical (unpaired) electrons. The lowest BCUT2D eigenvalue weighted by Crippen LogP contribution is -1.85. The van der Waals surface area contributed by atoms with E-state index < -0.39 is 0 Å². The zero-order valence-electron chi connectivity index (χ0n) is 29.9. The number of aliphatic hydroxyl groups is 7. The molecular formula is C35H84O7. The van der Waals surface area contributed by atoms with Gasteiger partial charge in [0, 0.05) is 49.8 Å². The first kappa shape index (κ1) is 57.4. The van der Waals surface area contributed by atoms with Gasteiger partial charge in [0.2, 0.25) is 0 Å². The molecule has 0 aromatic rings. The average molecular weight is 617 g/mol. The van der Waals surface area contributed by atoms with Crippen LogP contribution >= 0.6 is 0 Å². The van der Waals surface area contributed by atoms with Crippen molar-refractivity contribution in [3.05, 3.63) is 0 Å². The van der Waals surface area contributed by atoms with Crippen LogP contribution in [-0.4, -0.2) is 85.5 Å². The van der Waals surface area contributed by atoms with Crippen LogP contribution in [0.15, 0.2) is 0 Å². The number of rotatable bonds is 0. The molecule has 1 aliphatic carbocycles. The highest BCUT2D eigenvalue weighted by atomic mass is 16.2. The van der Waals surface area contributed by atoms with Crippen molar-refractivity contribution in [2.75, 3.05) is 49.8 Å². The van der Waals surface area contributed by atoms with Crippen LogP contribution < -0.4 is 0 Å². The molecule has 0 aliphatic heterocycles. The zero-order valence-corrected chi connectivity index (χ0v) is 29.9. The molecule has 0 heterocycles. The quantitative estimate of drug-likeness (QED) is 0.145. The van der Waals surface area contributed by atoms with Gasteiger partial charge < -0.3 is 35.7 Å². The van der Waals surface area contributed by atoms with E-state index in [2.05, 4.69) is 0 Å². The van der Waals surface area contributed by atoms with E-state index in [1.807, 2.05) is 0 Å². The molecular weight excluding hydrogens is 532 g/mol. The summed E-state index contributed by atoms with van der Waals surface area (Å²) in [4.78, 5) is 0. The molecule has 7 nitrogen and oxygen atoms in total. The third-order valence-electron chi connectivity index (χ3n) is 7.00. The van der Waals surface area contributed by atoms with Gasteiger partial charge in [-0.15, -0.1) is 0 Å². The van der Waals surface area contributed by atoms with Crippen molar-refractivity contribution in [1.82, 2.24) is 0 Å². The molecule has 1 rings (SSSR count). The van der Waals surface area contributed by atoms with Crippen LogP contribution in [0.1, 0.15) is 180 Å². The van der Waals surface area contributed by atoms with E-state index in [4.69, 9.17) is 35.7 Å². The Morgan fingerprint density at radius 1 is 0.119 bits per heavy atom. The maximum Gasteiger partial charge on any atom is 0.0319 e. The van der Waals surface area contributed by atoms with Gasteiger partial charge in [-0.05, 0) is 0 Å². The van der Waals surface area contributed by atoms with Crippen LogP contribution in [-0.2, 0) is 0 Å².